The summed E-state index contributed by atoms with van der Waals surface area (Å²) < 4.78 is 0. The quantitative estimate of drug-likeness (QED) is 0.564. The van der Waals surface area contributed by atoms with Gasteiger partial charge in [0.25, 0.3) is 0 Å². The first-order chi connectivity index (χ1) is 5.11. The van der Waals surface area contributed by atoms with Crippen LogP contribution in [-0.4, -0.2) is 34.9 Å². The molecule has 11 heavy (non-hydrogen) atoms. The zero-order valence-corrected chi connectivity index (χ0v) is 7.00. The van der Waals surface area contributed by atoms with Crippen molar-refractivity contribution in [2.24, 2.45) is 5.73 Å². The first-order valence-corrected chi connectivity index (χ1v) is 4.37. The van der Waals surface area contributed by atoms with Crippen LogP contribution in [0.5, 0.6) is 0 Å². The second-order valence-corrected chi connectivity index (χ2v) is 3.17. The van der Waals surface area contributed by atoms with Crippen molar-refractivity contribution >= 4 is 24.0 Å². The van der Waals surface area contributed by atoms with Gasteiger partial charge in [-0.15, -0.1) is 0 Å². The van der Waals surface area contributed by atoms with E-state index in [9.17, 15) is 9.59 Å². The van der Waals surface area contributed by atoms with E-state index in [1.165, 1.54) is 11.8 Å². The minimum absolute atomic E-state index is 0.194. The minimum Gasteiger partial charge on any atom is -0.480 e. The largest absolute Gasteiger partial charge is 0.480 e. The lowest BCUT2D eigenvalue weighted by atomic mass is 10.2. The molecule has 2 unspecified atom stereocenters. The molecule has 0 fully saturated rings. The summed E-state index contributed by atoms with van der Waals surface area (Å²) >= 11 is 1.30. The minimum atomic E-state index is -1.06. The molecule has 3 N–H and O–H groups in total. The number of carboxylic acid groups (broad SMARTS) is 1. The highest BCUT2D eigenvalue weighted by Gasteiger charge is 2.16. The van der Waals surface area contributed by atoms with Gasteiger partial charge < -0.3 is 15.6 Å². The topological polar surface area (TPSA) is 80.4 Å². The summed E-state index contributed by atoms with van der Waals surface area (Å²) in [4.78, 5) is 20.4. The molecule has 64 valence electrons. The maximum absolute atomic E-state index is 10.2. The summed E-state index contributed by atoms with van der Waals surface area (Å²) in [6.07, 6.45) is 2.65. The fourth-order valence-corrected chi connectivity index (χ4v) is 1.07. The molecule has 0 aromatic heterocycles. The molecular formula is C6H11NO3S. The molecule has 4 nitrogen and oxygen atoms in total. The molecule has 0 aliphatic carbocycles. The average Bonchev–Trinajstić information content (AvgIpc) is 1.99. The predicted octanol–water partition coefficient (Wildman–Crippen LogP) is -0.281. The number of nitrogens with two attached hydrogens (primary N) is 1. The summed E-state index contributed by atoms with van der Waals surface area (Å²) in [6.45, 7) is 0. The van der Waals surface area contributed by atoms with Crippen LogP contribution in [0.2, 0.25) is 0 Å². The van der Waals surface area contributed by atoms with Gasteiger partial charge in [0.15, 0.2) is 0 Å². The van der Waals surface area contributed by atoms with E-state index < -0.39 is 12.0 Å². The van der Waals surface area contributed by atoms with Crippen LogP contribution >= 0.6 is 11.8 Å². The predicted molar refractivity (Wildman–Crippen MR) is 43.6 cm³/mol. The van der Waals surface area contributed by atoms with Gasteiger partial charge in [-0.3, -0.25) is 4.79 Å². The Morgan fingerprint density at radius 3 is 2.64 bits per heavy atom. The van der Waals surface area contributed by atoms with Crippen molar-refractivity contribution in [3.8, 4) is 0 Å². The number of thioether (sulfide) groups is 1. The van der Waals surface area contributed by atoms with Gasteiger partial charge in [-0.2, -0.15) is 11.8 Å². The van der Waals surface area contributed by atoms with Crippen LogP contribution in [0.1, 0.15) is 6.42 Å². The maximum Gasteiger partial charge on any atom is 0.320 e. The van der Waals surface area contributed by atoms with Gasteiger partial charge in [0.2, 0.25) is 0 Å². The number of aldehydes is 1. The van der Waals surface area contributed by atoms with E-state index in [0.717, 1.165) is 0 Å². The van der Waals surface area contributed by atoms with E-state index >= 15 is 0 Å². The van der Waals surface area contributed by atoms with E-state index in [1.54, 1.807) is 6.26 Å². The molecule has 0 saturated carbocycles. The number of aliphatic carboxylic acids is 1. The SMILES string of the molecule is CSC(C=O)CC(N)C(=O)O. The fraction of sp³-hybridized carbons (Fsp3) is 0.667. The lowest BCUT2D eigenvalue weighted by molar-refractivity contribution is -0.138. The Labute approximate surface area is 69.1 Å². The lowest BCUT2D eigenvalue weighted by Crippen LogP contribution is -2.33. The van der Waals surface area contributed by atoms with Crippen molar-refractivity contribution < 1.29 is 14.7 Å². The third-order valence-corrected chi connectivity index (χ3v) is 2.17. The normalized spacial score (nSPS) is 15.5. The molecule has 0 saturated heterocycles. The second-order valence-electron chi connectivity index (χ2n) is 2.09. The molecule has 0 heterocycles. The molecule has 0 spiro atoms. The molecular weight excluding hydrogens is 166 g/mol. The second kappa shape index (κ2) is 5.15. The molecule has 0 radical (unpaired) electrons. The van der Waals surface area contributed by atoms with Crippen LogP contribution in [0, 0.1) is 0 Å². The number of hydrogen-bond donors (Lipinski definition) is 2. The molecule has 2 atom stereocenters. The third-order valence-electron chi connectivity index (χ3n) is 1.26. The monoisotopic (exact) mass is 177 g/mol. The molecule has 0 aromatic rings. The molecule has 0 aliphatic rings. The van der Waals surface area contributed by atoms with E-state index in [2.05, 4.69) is 0 Å². The van der Waals surface area contributed by atoms with Crippen LogP contribution in [0.4, 0.5) is 0 Å². The average molecular weight is 177 g/mol. The number of rotatable bonds is 5. The molecule has 0 rings (SSSR count). The molecule has 0 bridgehead atoms. The number of hydrogen-bond acceptors (Lipinski definition) is 4. The van der Waals surface area contributed by atoms with E-state index in [-0.39, 0.29) is 11.7 Å². The molecule has 0 amide bonds. The number of carbonyl (C=O) groups excluding carboxylic acids is 1. The summed E-state index contributed by atoms with van der Waals surface area (Å²) in [5.41, 5.74) is 5.20. The van der Waals surface area contributed by atoms with E-state index in [0.29, 0.717) is 6.29 Å². The van der Waals surface area contributed by atoms with Gasteiger partial charge in [0.1, 0.15) is 12.3 Å². The van der Waals surface area contributed by atoms with E-state index in [4.69, 9.17) is 10.8 Å². The van der Waals surface area contributed by atoms with Crippen LogP contribution in [-0.2, 0) is 9.59 Å². The van der Waals surface area contributed by atoms with Crippen molar-refractivity contribution in [2.75, 3.05) is 6.26 Å². The van der Waals surface area contributed by atoms with Crippen molar-refractivity contribution in [1.29, 1.82) is 0 Å². The van der Waals surface area contributed by atoms with Gasteiger partial charge >= 0.3 is 5.97 Å². The summed E-state index contributed by atoms with van der Waals surface area (Å²) in [6, 6.07) is -0.933. The Hall–Kier alpha value is -0.550. The van der Waals surface area contributed by atoms with Gasteiger partial charge in [0.05, 0.1) is 5.25 Å². The highest BCUT2D eigenvalue weighted by Crippen LogP contribution is 2.09. The maximum atomic E-state index is 10.2. The van der Waals surface area contributed by atoms with Crippen molar-refractivity contribution in [3.63, 3.8) is 0 Å². The third kappa shape index (κ3) is 4.00. The zero-order chi connectivity index (χ0) is 8.85. The smallest absolute Gasteiger partial charge is 0.320 e. The highest BCUT2D eigenvalue weighted by atomic mass is 32.2. The van der Waals surface area contributed by atoms with Gasteiger partial charge in [-0.1, -0.05) is 0 Å². The Morgan fingerprint density at radius 2 is 2.36 bits per heavy atom. The van der Waals surface area contributed by atoms with Crippen LogP contribution in [0.3, 0.4) is 0 Å². The van der Waals surface area contributed by atoms with Crippen LogP contribution in [0.15, 0.2) is 0 Å². The Kier molecular flexibility index (Phi) is 4.89. The Balaban J connectivity index is 3.80. The van der Waals surface area contributed by atoms with Gasteiger partial charge in [-0.05, 0) is 12.7 Å². The summed E-state index contributed by atoms with van der Waals surface area (Å²) in [5, 5.41) is 8.07. The fourth-order valence-electron chi connectivity index (χ4n) is 0.558. The summed E-state index contributed by atoms with van der Waals surface area (Å²) in [7, 11) is 0. The Bertz CT molecular complexity index is 151. The van der Waals surface area contributed by atoms with Crippen molar-refractivity contribution in [1.82, 2.24) is 0 Å². The lowest BCUT2D eigenvalue weighted by Gasteiger charge is -2.09. The van der Waals surface area contributed by atoms with Crippen molar-refractivity contribution in [2.45, 2.75) is 17.7 Å². The standard InChI is InChI=1S/C6H11NO3S/c1-11-4(3-8)2-5(7)6(9)10/h3-5H,2,7H2,1H3,(H,9,10). The molecule has 5 heteroatoms. The first-order valence-electron chi connectivity index (χ1n) is 3.08. The van der Waals surface area contributed by atoms with E-state index in [1.807, 2.05) is 0 Å². The highest BCUT2D eigenvalue weighted by molar-refractivity contribution is 7.99. The molecule has 0 aromatic carbocycles. The number of carbonyl (C=O) groups is 2. The first kappa shape index (κ1) is 10.4. The Morgan fingerprint density at radius 1 is 1.82 bits per heavy atom. The van der Waals surface area contributed by atoms with Crippen LogP contribution < -0.4 is 5.73 Å². The summed E-state index contributed by atoms with van der Waals surface area (Å²) in [5.74, 6) is -1.06. The zero-order valence-electron chi connectivity index (χ0n) is 6.19. The molecule has 0 aliphatic heterocycles. The number of carboxylic acids is 1. The van der Waals surface area contributed by atoms with Gasteiger partial charge in [-0.25, -0.2) is 0 Å². The van der Waals surface area contributed by atoms with Gasteiger partial charge in [0, 0.05) is 0 Å². The van der Waals surface area contributed by atoms with Crippen LogP contribution in [0.25, 0.3) is 0 Å². The van der Waals surface area contributed by atoms with Crippen molar-refractivity contribution in [3.05, 3.63) is 0 Å².